The maximum Gasteiger partial charge on any atom is 0.0546 e. The van der Waals surface area contributed by atoms with E-state index in [0.29, 0.717) is 5.92 Å². The minimum Gasteiger partial charge on any atom is -0.310 e. The number of anilines is 6. The summed E-state index contributed by atoms with van der Waals surface area (Å²) in [7, 11) is 0. The van der Waals surface area contributed by atoms with Gasteiger partial charge in [0, 0.05) is 44.3 Å². The van der Waals surface area contributed by atoms with Gasteiger partial charge in [-0.15, -0.1) is 0 Å². The number of para-hydroxylation sites is 3. The van der Waals surface area contributed by atoms with Crippen molar-refractivity contribution in [3.05, 3.63) is 218 Å². The molecule has 2 heteroatoms. The summed E-state index contributed by atoms with van der Waals surface area (Å²) in [5, 5.41) is 7.42. The van der Waals surface area contributed by atoms with Gasteiger partial charge in [-0.25, -0.2) is 0 Å². The highest BCUT2D eigenvalue weighted by atomic mass is 15.1. The lowest BCUT2D eigenvalue weighted by atomic mass is 9.85. The van der Waals surface area contributed by atoms with Gasteiger partial charge in [0.1, 0.15) is 0 Å². The van der Waals surface area contributed by atoms with E-state index >= 15 is 0 Å². The van der Waals surface area contributed by atoms with Crippen molar-refractivity contribution in [3.63, 3.8) is 0 Å². The zero-order chi connectivity index (χ0) is 38.3. The molecule has 272 valence electrons. The van der Waals surface area contributed by atoms with Crippen molar-refractivity contribution in [1.29, 1.82) is 0 Å². The van der Waals surface area contributed by atoms with Crippen LogP contribution in [0.2, 0.25) is 0 Å². The lowest BCUT2D eigenvalue weighted by Crippen LogP contribution is -2.12. The van der Waals surface area contributed by atoms with Crippen LogP contribution in [0.25, 0.3) is 54.6 Å². The Morgan fingerprint density at radius 1 is 0.316 bits per heavy atom. The Morgan fingerprint density at radius 2 is 0.632 bits per heavy atom. The highest BCUT2D eigenvalue weighted by molar-refractivity contribution is 6.32. The molecule has 0 aromatic heterocycles. The Morgan fingerprint density at radius 3 is 0.982 bits per heavy atom. The van der Waals surface area contributed by atoms with Crippen molar-refractivity contribution >= 4 is 66.4 Å². The average molecular weight is 731 g/mol. The molecule has 10 rings (SSSR count). The molecular weight excluding hydrogens is 689 g/mol. The van der Waals surface area contributed by atoms with E-state index in [9.17, 15) is 0 Å². The second-order valence-corrected chi connectivity index (χ2v) is 15.1. The molecule has 2 nitrogen and oxygen atoms in total. The van der Waals surface area contributed by atoms with E-state index in [2.05, 4.69) is 236 Å². The van der Waals surface area contributed by atoms with E-state index < -0.39 is 0 Å². The maximum atomic E-state index is 2.45. The maximum absolute atomic E-state index is 2.45. The molecule has 10 aromatic carbocycles. The van der Waals surface area contributed by atoms with Gasteiger partial charge in [-0.05, 0) is 105 Å². The zero-order valence-corrected chi connectivity index (χ0v) is 32.2. The highest BCUT2D eigenvalue weighted by Gasteiger charge is 2.25. The number of hydrogen-bond donors (Lipinski definition) is 0. The van der Waals surface area contributed by atoms with Crippen molar-refractivity contribution in [2.24, 2.45) is 0 Å². The summed E-state index contributed by atoms with van der Waals surface area (Å²) in [5.41, 5.74) is 12.9. The lowest BCUT2D eigenvalue weighted by Gasteiger charge is -2.31. The Hall–Kier alpha value is -7.16. The average Bonchev–Trinajstić information content (AvgIpc) is 3.28. The molecule has 0 fully saturated rings. The van der Waals surface area contributed by atoms with Gasteiger partial charge in [-0.2, -0.15) is 0 Å². The van der Waals surface area contributed by atoms with Gasteiger partial charge >= 0.3 is 0 Å². The van der Waals surface area contributed by atoms with Crippen LogP contribution in [0.15, 0.2) is 212 Å². The van der Waals surface area contributed by atoms with Crippen LogP contribution in [0.3, 0.4) is 0 Å². The molecule has 0 N–H and O–H groups in total. The first-order chi connectivity index (χ1) is 28.1. The molecule has 0 heterocycles. The van der Waals surface area contributed by atoms with E-state index in [0.717, 1.165) is 34.1 Å². The first kappa shape index (κ1) is 34.3. The molecule has 0 bridgehead atoms. The predicted molar refractivity (Wildman–Crippen MR) is 244 cm³/mol. The number of benzene rings is 10. The van der Waals surface area contributed by atoms with Gasteiger partial charge in [-0.1, -0.05) is 166 Å². The van der Waals surface area contributed by atoms with Crippen LogP contribution in [-0.2, 0) is 0 Å². The van der Waals surface area contributed by atoms with Crippen molar-refractivity contribution in [3.8, 4) is 22.3 Å². The summed E-state index contributed by atoms with van der Waals surface area (Å²) < 4.78 is 0. The Balaban J connectivity index is 1.37. The van der Waals surface area contributed by atoms with Gasteiger partial charge < -0.3 is 9.80 Å². The van der Waals surface area contributed by atoms with Crippen LogP contribution in [0.1, 0.15) is 25.3 Å². The Labute approximate surface area is 334 Å². The Bertz CT molecular complexity index is 2900. The predicted octanol–water partition coefficient (Wildman–Crippen LogP) is 16.0. The number of nitrogens with zero attached hydrogens (tertiary/aromatic N) is 2. The van der Waals surface area contributed by atoms with E-state index in [1.165, 1.54) is 60.1 Å². The van der Waals surface area contributed by atoms with Gasteiger partial charge in [0.25, 0.3) is 0 Å². The van der Waals surface area contributed by atoms with Crippen LogP contribution < -0.4 is 9.80 Å². The summed E-state index contributed by atoms with van der Waals surface area (Å²) in [4.78, 5) is 4.87. The van der Waals surface area contributed by atoms with Crippen LogP contribution >= 0.6 is 0 Å². The highest BCUT2D eigenvalue weighted by Crippen LogP contribution is 2.52. The van der Waals surface area contributed by atoms with Crippen LogP contribution in [0, 0.1) is 0 Å². The third kappa shape index (κ3) is 6.07. The molecule has 0 spiro atoms. The first-order valence-electron chi connectivity index (χ1n) is 19.9. The fraction of sp³-hybridized carbons (Fsp3) is 0.0545. The van der Waals surface area contributed by atoms with E-state index in [1.807, 2.05) is 0 Å². The molecule has 0 radical (unpaired) electrons. The van der Waals surface area contributed by atoms with Crippen LogP contribution in [-0.4, -0.2) is 0 Å². The van der Waals surface area contributed by atoms with Gasteiger partial charge in [0.2, 0.25) is 0 Å². The minimum absolute atomic E-state index is 0.447. The quantitative estimate of drug-likeness (QED) is 0.136. The van der Waals surface area contributed by atoms with Crippen molar-refractivity contribution in [1.82, 2.24) is 0 Å². The smallest absolute Gasteiger partial charge is 0.0546 e. The summed E-state index contributed by atoms with van der Waals surface area (Å²) in [6.45, 7) is 4.51. The van der Waals surface area contributed by atoms with Gasteiger partial charge in [-0.3, -0.25) is 0 Å². The standard InChI is InChI=1S/C55H42N2/c1-38(2)39-28-30-45(31-29-39)57(44-26-16-7-17-27-44)53-37-51(41-20-10-4-11-21-41)47-32-34-48-52(56(42-22-12-5-13-23-42)43-24-14-6-15-25-43)36-50(40-18-8-3-9-19-40)46-33-35-49(53)55(47)54(46)48/h3-38H,1-2H3. The summed E-state index contributed by atoms with van der Waals surface area (Å²) in [5.74, 6) is 0.447. The number of hydrogen-bond acceptors (Lipinski definition) is 2. The lowest BCUT2D eigenvalue weighted by molar-refractivity contribution is 0.866. The molecule has 0 saturated heterocycles. The fourth-order valence-corrected chi connectivity index (χ4v) is 8.63. The van der Waals surface area contributed by atoms with Crippen molar-refractivity contribution in [2.45, 2.75) is 19.8 Å². The normalized spacial score (nSPS) is 11.5. The Kier molecular flexibility index (Phi) is 8.73. The zero-order valence-electron chi connectivity index (χ0n) is 32.2. The molecule has 0 amide bonds. The molecule has 0 atom stereocenters. The first-order valence-corrected chi connectivity index (χ1v) is 19.9. The third-order valence-corrected chi connectivity index (χ3v) is 11.4. The molecule has 0 saturated carbocycles. The SMILES string of the molecule is CC(C)c1ccc(N(c2ccccc2)c2cc(-c3ccccc3)c3ccc4c(N(c5ccccc5)c5ccccc5)cc(-c5ccccc5)c5ccc2c3c54)cc1. The summed E-state index contributed by atoms with van der Waals surface area (Å²) in [6, 6.07) is 77.5. The van der Waals surface area contributed by atoms with E-state index in [-0.39, 0.29) is 0 Å². The molecule has 0 unspecified atom stereocenters. The van der Waals surface area contributed by atoms with Crippen molar-refractivity contribution in [2.75, 3.05) is 9.80 Å². The van der Waals surface area contributed by atoms with Crippen LogP contribution in [0.5, 0.6) is 0 Å². The molecular formula is C55H42N2. The van der Waals surface area contributed by atoms with Gasteiger partial charge in [0.05, 0.1) is 11.4 Å². The minimum atomic E-state index is 0.447. The second-order valence-electron chi connectivity index (χ2n) is 15.1. The monoisotopic (exact) mass is 730 g/mol. The molecule has 10 aromatic rings. The molecule has 57 heavy (non-hydrogen) atoms. The molecule has 0 aliphatic rings. The van der Waals surface area contributed by atoms with E-state index in [1.54, 1.807) is 0 Å². The van der Waals surface area contributed by atoms with E-state index in [4.69, 9.17) is 0 Å². The molecule has 0 aliphatic heterocycles. The molecule has 0 aliphatic carbocycles. The number of rotatable bonds is 9. The second kappa shape index (κ2) is 14.5. The largest absolute Gasteiger partial charge is 0.310 e. The third-order valence-electron chi connectivity index (χ3n) is 11.4. The van der Waals surface area contributed by atoms with Crippen molar-refractivity contribution < 1.29 is 0 Å². The summed E-state index contributed by atoms with van der Waals surface area (Å²) >= 11 is 0. The fourth-order valence-electron chi connectivity index (χ4n) is 8.63. The topological polar surface area (TPSA) is 6.48 Å². The van der Waals surface area contributed by atoms with Gasteiger partial charge in [0.15, 0.2) is 0 Å². The summed E-state index contributed by atoms with van der Waals surface area (Å²) in [6.07, 6.45) is 0. The van der Waals surface area contributed by atoms with Crippen LogP contribution in [0.4, 0.5) is 34.1 Å².